The van der Waals surface area contributed by atoms with Crippen LogP contribution < -0.4 is 0 Å². The molecule has 2 aromatic carbocycles. The molecule has 0 saturated carbocycles. The van der Waals surface area contributed by atoms with Gasteiger partial charge in [-0.2, -0.15) is 0 Å². The molecule has 0 radical (unpaired) electrons. The predicted molar refractivity (Wildman–Crippen MR) is 193 cm³/mol. The maximum Gasteiger partial charge on any atom is 0.411 e. The van der Waals surface area contributed by atoms with Gasteiger partial charge in [-0.25, -0.2) is 19.2 Å². The molecule has 0 N–H and O–H groups in total. The van der Waals surface area contributed by atoms with Crippen molar-refractivity contribution < 1.29 is 47.7 Å². The Labute approximate surface area is 306 Å². The zero-order chi connectivity index (χ0) is 38.8. The summed E-state index contributed by atoms with van der Waals surface area (Å²) in [7, 11) is 0. The Morgan fingerprint density at radius 2 is 0.885 bits per heavy atom. The van der Waals surface area contributed by atoms with Crippen LogP contribution in [0.2, 0.25) is 0 Å². The van der Waals surface area contributed by atoms with Crippen LogP contribution in [0, 0.1) is 10.8 Å². The molecule has 12 heteroatoms. The Morgan fingerprint density at radius 3 is 1.17 bits per heavy atom. The summed E-state index contributed by atoms with van der Waals surface area (Å²) in [5.41, 5.74) is -0.304. The Hall–Kier alpha value is -4.74. The maximum atomic E-state index is 13.1. The van der Waals surface area contributed by atoms with Crippen molar-refractivity contribution in [2.75, 3.05) is 26.3 Å². The molecule has 2 aliphatic rings. The van der Waals surface area contributed by atoms with Gasteiger partial charge < -0.3 is 18.9 Å². The number of rotatable bonds is 9. The van der Waals surface area contributed by atoms with E-state index < -0.39 is 83.0 Å². The number of hydrogen-bond donors (Lipinski definition) is 0. The second kappa shape index (κ2) is 15.1. The number of nitrogens with zero attached hydrogens (tertiary/aromatic N) is 2. The Bertz CT molecular complexity index is 1550. The normalized spacial score (nSPS) is 19.5. The first-order valence-electron chi connectivity index (χ1n) is 17.6. The van der Waals surface area contributed by atoms with Gasteiger partial charge in [-0.1, -0.05) is 76.2 Å². The SMILES string of the molecule is CC(C)(C)OC(=O)N1CCC(C)(C)[C@@H]1C(=O)OCC(=O)c1ccc(-c2ccc(C(=O)COC(=O)[C@@H]3N(C(=O)OC(C)(C)C)CCC3(C)C)cc2)cc1. The Morgan fingerprint density at radius 1 is 0.577 bits per heavy atom. The van der Waals surface area contributed by atoms with Crippen molar-refractivity contribution in [3.8, 4) is 11.1 Å². The lowest BCUT2D eigenvalue weighted by atomic mass is 9.85. The number of hydrogen-bond acceptors (Lipinski definition) is 10. The molecule has 2 aliphatic heterocycles. The standard InChI is InChI=1S/C40H52N2O10/c1-37(2,3)51-35(47)41-21-19-39(7,8)31(41)33(45)49-23-29(43)27-15-11-25(12-16-27)26-13-17-28(18-14-26)30(44)24-50-34(46)32-40(9,10)20-22-42(32)36(48)52-38(4,5)6/h11-18,31-32H,19-24H2,1-10H3/t31-,32-/m0/s1. The molecule has 4 rings (SSSR count). The van der Waals surface area contributed by atoms with Crippen molar-refractivity contribution in [2.24, 2.45) is 10.8 Å². The van der Waals surface area contributed by atoms with Gasteiger partial charge >= 0.3 is 24.1 Å². The largest absolute Gasteiger partial charge is 0.456 e. The number of carbonyl (C=O) groups excluding carboxylic acids is 6. The van der Waals surface area contributed by atoms with E-state index in [1.54, 1.807) is 90.1 Å². The topological polar surface area (TPSA) is 146 Å². The molecule has 2 fully saturated rings. The highest BCUT2D eigenvalue weighted by atomic mass is 16.6. The van der Waals surface area contributed by atoms with E-state index in [2.05, 4.69) is 0 Å². The van der Waals surface area contributed by atoms with Gasteiger partial charge in [-0.05, 0) is 76.3 Å². The van der Waals surface area contributed by atoms with Gasteiger partial charge in [0.25, 0.3) is 0 Å². The fourth-order valence-electron chi connectivity index (χ4n) is 6.41. The fourth-order valence-corrected chi connectivity index (χ4v) is 6.41. The van der Waals surface area contributed by atoms with Gasteiger partial charge in [0.1, 0.15) is 23.3 Å². The van der Waals surface area contributed by atoms with E-state index in [-0.39, 0.29) is 0 Å². The van der Waals surface area contributed by atoms with Crippen LogP contribution in [0.3, 0.4) is 0 Å². The first kappa shape index (κ1) is 40.0. The monoisotopic (exact) mass is 720 g/mol. The average Bonchev–Trinajstić information content (AvgIpc) is 3.55. The fraction of sp³-hybridized carbons (Fsp3) is 0.550. The first-order chi connectivity index (χ1) is 24.0. The molecule has 2 saturated heterocycles. The molecule has 282 valence electrons. The van der Waals surface area contributed by atoms with Crippen LogP contribution in [0.25, 0.3) is 11.1 Å². The molecule has 12 nitrogen and oxygen atoms in total. The van der Waals surface area contributed by atoms with Crippen LogP contribution in [0.15, 0.2) is 48.5 Å². The van der Waals surface area contributed by atoms with Gasteiger partial charge in [-0.15, -0.1) is 0 Å². The number of Topliss-reactive ketones (excluding diaryl/α,β-unsaturated/α-hetero) is 2. The van der Waals surface area contributed by atoms with Crippen molar-refractivity contribution in [1.82, 2.24) is 9.80 Å². The second-order valence-corrected chi connectivity index (χ2v) is 16.8. The number of benzene rings is 2. The molecule has 0 bridgehead atoms. The molecular weight excluding hydrogens is 668 g/mol. The molecule has 52 heavy (non-hydrogen) atoms. The number of ether oxygens (including phenoxy) is 4. The third kappa shape index (κ3) is 9.77. The van der Waals surface area contributed by atoms with Gasteiger partial charge in [-0.3, -0.25) is 19.4 Å². The molecule has 2 aromatic rings. The molecular formula is C40H52N2O10. The summed E-state index contributed by atoms with van der Waals surface area (Å²) in [4.78, 5) is 80.5. The minimum Gasteiger partial charge on any atom is -0.456 e. The quantitative estimate of drug-likeness (QED) is 0.153. The summed E-state index contributed by atoms with van der Waals surface area (Å²) < 4.78 is 21.8. The van der Waals surface area contributed by atoms with Gasteiger partial charge in [0.15, 0.2) is 24.8 Å². The highest BCUT2D eigenvalue weighted by Gasteiger charge is 2.50. The van der Waals surface area contributed by atoms with Crippen molar-refractivity contribution in [1.29, 1.82) is 0 Å². The van der Waals surface area contributed by atoms with E-state index >= 15 is 0 Å². The number of likely N-dealkylation sites (tertiary alicyclic amines) is 2. The average molecular weight is 721 g/mol. The zero-order valence-corrected chi connectivity index (χ0v) is 32.0. The summed E-state index contributed by atoms with van der Waals surface area (Å²) in [5.74, 6) is -2.11. The summed E-state index contributed by atoms with van der Waals surface area (Å²) in [6, 6.07) is 11.7. The summed E-state index contributed by atoms with van der Waals surface area (Å²) in [5, 5.41) is 0. The van der Waals surface area contributed by atoms with Crippen molar-refractivity contribution in [3.05, 3.63) is 59.7 Å². The highest BCUT2D eigenvalue weighted by Crippen LogP contribution is 2.39. The lowest BCUT2D eigenvalue weighted by molar-refractivity contribution is -0.151. The molecule has 0 aromatic heterocycles. The maximum absolute atomic E-state index is 13.1. The smallest absolute Gasteiger partial charge is 0.411 e. The van der Waals surface area contributed by atoms with Crippen LogP contribution in [0.4, 0.5) is 9.59 Å². The molecule has 2 atom stereocenters. The van der Waals surface area contributed by atoms with Crippen molar-refractivity contribution in [3.63, 3.8) is 0 Å². The van der Waals surface area contributed by atoms with E-state index in [9.17, 15) is 28.8 Å². The first-order valence-corrected chi connectivity index (χ1v) is 17.6. The third-order valence-corrected chi connectivity index (χ3v) is 9.24. The molecule has 2 heterocycles. The Kier molecular flexibility index (Phi) is 11.6. The highest BCUT2D eigenvalue weighted by molar-refractivity contribution is 6.00. The number of carbonyl (C=O) groups is 6. The van der Waals surface area contributed by atoms with Gasteiger partial charge in [0, 0.05) is 24.2 Å². The van der Waals surface area contributed by atoms with E-state index in [1.165, 1.54) is 9.80 Å². The molecule has 0 aliphatic carbocycles. The van der Waals surface area contributed by atoms with E-state index in [4.69, 9.17) is 18.9 Å². The number of esters is 2. The van der Waals surface area contributed by atoms with E-state index in [1.807, 2.05) is 27.7 Å². The minimum atomic E-state index is -0.881. The lowest BCUT2D eigenvalue weighted by Crippen LogP contribution is -2.48. The molecule has 0 unspecified atom stereocenters. The van der Waals surface area contributed by atoms with E-state index in [0.717, 1.165) is 11.1 Å². The van der Waals surface area contributed by atoms with Crippen LogP contribution >= 0.6 is 0 Å². The Balaban J connectivity index is 1.32. The summed E-state index contributed by atoms with van der Waals surface area (Å²) in [6.45, 7) is 17.7. The predicted octanol–water partition coefficient (Wildman–Crippen LogP) is 6.88. The van der Waals surface area contributed by atoms with Crippen LogP contribution in [-0.4, -0.2) is 95.1 Å². The third-order valence-electron chi connectivity index (χ3n) is 9.24. The van der Waals surface area contributed by atoms with E-state index in [0.29, 0.717) is 37.1 Å². The van der Waals surface area contributed by atoms with Gasteiger partial charge in [0.05, 0.1) is 0 Å². The molecule has 2 amide bonds. The van der Waals surface area contributed by atoms with Crippen LogP contribution in [0.1, 0.15) is 103 Å². The molecule has 0 spiro atoms. The van der Waals surface area contributed by atoms with Crippen molar-refractivity contribution >= 4 is 35.7 Å². The minimum absolute atomic E-state index is 0.342. The van der Waals surface area contributed by atoms with Crippen molar-refractivity contribution in [2.45, 2.75) is 105 Å². The number of ketones is 2. The second-order valence-electron chi connectivity index (χ2n) is 16.8. The van der Waals surface area contributed by atoms with Crippen LogP contribution in [-0.2, 0) is 28.5 Å². The summed E-state index contributed by atoms with van der Waals surface area (Å²) >= 11 is 0. The lowest BCUT2D eigenvalue weighted by Gasteiger charge is -2.32. The van der Waals surface area contributed by atoms with Gasteiger partial charge in [0.2, 0.25) is 0 Å². The van der Waals surface area contributed by atoms with Crippen LogP contribution in [0.5, 0.6) is 0 Å². The zero-order valence-electron chi connectivity index (χ0n) is 32.0. The number of amides is 2. The summed E-state index contributed by atoms with van der Waals surface area (Å²) in [6.07, 6.45) is -0.0305.